The van der Waals surface area contributed by atoms with E-state index in [2.05, 4.69) is 5.32 Å². The van der Waals surface area contributed by atoms with E-state index in [0.717, 1.165) is 37.7 Å². The van der Waals surface area contributed by atoms with Crippen LogP contribution in [0.5, 0.6) is 0 Å². The molecule has 0 saturated heterocycles. The van der Waals surface area contributed by atoms with E-state index < -0.39 is 11.5 Å². The Morgan fingerprint density at radius 1 is 1.15 bits per heavy atom. The van der Waals surface area contributed by atoms with E-state index in [0.29, 0.717) is 6.54 Å². The number of aromatic carboxylic acids is 1. The maximum Gasteiger partial charge on any atom is 0.335 e. The monoisotopic (exact) mass is 276 g/mol. The van der Waals surface area contributed by atoms with Crippen molar-refractivity contribution in [3.8, 4) is 0 Å². The Morgan fingerprint density at radius 3 is 2.30 bits per heavy atom. The summed E-state index contributed by atoms with van der Waals surface area (Å²) in [7, 11) is 0. The van der Waals surface area contributed by atoms with Gasteiger partial charge in [0, 0.05) is 6.54 Å². The Bertz CT molecular complexity index is 490. The molecule has 0 spiro atoms. The molecule has 0 aliphatic heterocycles. The first-order valence-corrected chi connectivity index (χ1v) is 6.91. The van der Waals surface area contributed by atoms with E-state index in [-0.39, 0.29) is 11.5 Å². The van der Waals surface area contributed by atoms with Gasteiger partial charge in [0.25, 0.3) is 0 Å². The van der Waals surface area contributed by atoms with Crippen LogP contribution >= 0.6 is 0 Å². The molecule has 0 heterocycles. The standard InChI is InChI=1S/C15H20N2O3/c16-15(8-2-1-3-9-15)14(20)17-10-11-4-6-12(7-5-11)13(18)19/h4-7H,1-3,8-10,16H2,(H,17,20)(H,18,19). The SMILES string of the molecule is NC1(C(=O)NCc2ccc(C(=O)O)cc2)CCCCC1. The summed E-state index contributed by atoms with van der Waals surface area (Å²) < 4.78 is 0. The molecule has 5 heteroatoms. The first kappa shape index (κ1) is 14.5. The lowest BCUT2D eigenvalue weighted by molar-refractivity contribution is -0.127. The first-order chi connectivity index (χ1) is 9.51. The maximum atomic E-state index is 12.1. The molecule has 0 aromatic heterocycles. The zero-order valence-electron chi connectivity index (χ0n) is 11.4. The predicted octanol–water partition coefficient (Wildman–Crippen LogP) is 1.66. The third kappa shape index (κ3) is 3.36. The summed E-state index contributed by atoms with van der Waals surface area (Å²) in [5.74, 6) is -1.07. The molecule has 4 N–H and O–H groups in total. The van der Waals surface area contributed by atoms with Crippen LogP contribution in [0, 0.1) is 0 Å². The zero-order chi connectivity index (χ0) is 14.6. The fourth-order valence-electron chi connectivity index (χ4n) is 2.53. The van der Waals surface area contributed by atoms with Crippen molar-refractivity contribution in [2.24, 2.45) is 5.73 Å². The van der Waals surface area contributed by atoms with Crippen molar-refractivity contribution in [3.05, 3.63) is 35.4 Å². The topological polar surface area (TPSA) is 92.4 Å². The molecule has 0 atom stereocenters. The van der Waals surface area contributed by atoms with Crippen LogP contribution in [-0.4, -0.2) is 22.5 Å². The third-order valence-electron chi connectivity index (χ3n) is 3.85. The van der Waals surface area contributed by atoms with Gasteiger partial charge in [0.05, 0.1) is 11.1 Å². The Balaban J connectivity index is 1.91. The average molecular weight is 276 g/mol. The fourth-order valence-corrected chi connectivity index (χ4v) is 2.53. The fraction of sp³-hybridized carbons (Fsp3) is 0.467. The second-order valence-electron chi connectivity index (χ2n) is 5.40. The summed E-state index contributed by atoms with van der Waals surface area (Å²) in [5.41, 5.74) is 6.51. The molecule has 108 valence electrons. The predicted molar refractivity (Wildman–Crippen MR) is 75.3 cm³/mol. The minimum Gasteiger partial charge on any atom is -0.478 e. The van der Waals surface area contributed by atoms with Gasteiger partial charge in [-0.15, -0.1) is 0 Å². The Hall–Kier alpha value is -1.88. The molecular formula is C15H20N2O3. The van der Waals surface area contributed by atoms with Crippen molar-refractivity contribution >= 4 is 11.9 Å². The van der Waals surface area contributed by atoms with E-state index >= 15 is 0 Å². The molecule has 2 rings (SSSR count). The average Bonchev–Trinajstić information content (AvgIpc) is 2.46. The van der Waals surface area contributed by atoms with Crippen molar-refractivity contribution in [1.82, 2.24) is 5.32 Å². The van der Waals surface area contributed by atoms with E-state index in [9.17, 15) is 9.59 Å². The van der Waals surface area contributed by atoms with Gasteiger partial charge in [-0.2, -0.15) is 0 Å². The van der Waals surface area contributed by atoms with Crippen LogP contribution in [0.25, 0.3) is 0 Å². The lowest BCUT2D eigenvalue weighted by atomic mass is 9.82. The first-order valence-electron chi connectivity index (χ1n) is 6.91. The normalized spacial score (nSPS) is 17.4. The highest BCUT2D eigenvalue weighted by molar-refractivity contribution is 5.87. The number of carbonyl (C=O) groups is 2. The van der Waals surface area contributed by atoms with Crippen LogP contribution in [-0.2, 0) is 11.3 Å². The summed E-state index contributed by atoms with van der Waals surface area (Å²) in [6.07, 6.45) is 4.60. The number of rotatable bonds is 4. The van der Waals surface area contributed by atoms with E-state index in [1.54, 1.807) is 12.1 Å². The molecule has 1 aliphatic carbocycles. The molecule has 0 unspecified atom stereocenters. The number of amides is 1. The molecule has 5 nitrogen and oxygen atoms in total. The van der Waals surface area contributed by atoms with Crippen LogP contribution < -0.4 is 11.1 Å². The highest BCUT2D eigenvalue weighted by atomic mass is 16.4. The minimum atomic E-state index is -0.955. The van der Waals surface area contributed by atoms with Crippen LogP contribution in [0.1, 0.15) is 48.0 Å². The molecule has 1 amide bonds. The highest BCUT2D eigenvalue weighted by Crippen LogP contribution is 2.26. The summed E-state index contributed by atoms with van der Waals surface area (Å²) in [6.45, 7) is 0.373. The van der Waals surface area contributed by atoms with Gasteiger partial charge >= 0.3 is 5.97 Å². The van der Waals surface area contributed by atoms with Crippen LogP contribution in [0.2, 0.25) is 0 Å². The Labute approximate surface area is 118 Å². The molecule has 0 radical (unpaired) electrons. The van der Waals surface area contributed by atoms with Crippen molar-refractivity contribution in [2.45, 2.75) is 44.2 Å². The molecule has 1 aromatic carbocycles. The van der Waals surface area contributed by atoms with Gasteiger partial charge in [-0.1, -0.05) is 31.4 Å². The second kappa shape index (κ2) is 6.05. The number of benzene rings is 1. The maximum absolute atomic E-state index is 12.1. The van der Waals surface area contributed by atoms with Gasteiger partial charge in [0.15, 0.2) is 0 Å². The number of hydrogen-bond acceptors (Lipinski definition) is 3. The summed E-state index contributed by atoms with van der Waals surface area (Å²) >= 11 is 0. The van der Waals surface area contributed by atoms with Crippen molar-refractivity contribution in [1.29, 1.82) is 0 Å². The van der Waals surface area contributed by atoms with Gasteiger partial charge in [-0.25, -0.2) is 4.79 Å². The van der Waals surface area contributed by atoms with Crippen molar-refractivity contribution in [3.63, 3.8) is 0 Å². The number of carboxylic acids is 1. The number of hydrogen-bond donors (Lipinski definition) is 3. The minimum absolute atomic E-state index is 0.112. The Morgan fingerprint density at radius 2 is 1.75 bits per heavy atom. The van der Waals surface area contributed by atoms with Gasteiger partial charge in [0.1, 0.15) is 0 Å². The lowest BCUT2D eigenvalue weighted by Gasteiger charge is -2.31. The van der Waals surface area contributed by atoms with Gasteiger partial charge in [-0.3, -0.25) is 4.79 Å². The van der Waals surface area contributed by atoms with Gasteiger partial charge in [0.2, 0.25) is 5.91 Å². The largest absolute Gasteiger partial charge is 0.478 e. The second-order valence-corrected chi connectivity index (χ2v) is 5.40. The van der Waals surface area contributed by atoms with Crippen LogP contribution in [0.4, 0.5) is 0 Å². The summed E-state index contributed by atoms with van der Waals surface area (Å²) in [6, 6.07) is 6.47. The quantitative estimate of drug-likeness (QED) is 0.779. The van der Waals surface area contributed by atoms with E-state index in [4.69, 9.17) is 10.8 Å². The molecule has 1 fully saturated rings. The van der Waals surface area contributed by atoms with E-state index in [1.807, 2.05) is 0 Å². The van der Waals surface area contributed by atoms with Crippen LogP contribution in [0.3, 0.4) is 0 Å². The molecule has 1 aliphatic rings. The molecule has 0 bridgehead atoms. The highest BCUT2D eigenvalue weighted by Gasteiger charge is 2.34. The summed E-state index contributed by atoms with van der Waals surface area (Å²) in [5, 5.41) is 11.7. The lowest BCUT2D eigenvalue weighted by Crippen LogP contribution is -2.54. The third-order valence-corrected chi connectivity index (χ3v) is 3.85. The number of carboxylic acid groups (broad SMARTS) is 1. The Kier molecular flexibility index (Phi) is 4.39. The van der Waals surface area contributed by atoms with Gasteiger partial charge in [-0.05, 0) is 30.5 Å². The number of carbonyl (C=O) groups excluding carboxylic acids is 1. The molecule has 1 aromatic rings. The van der Waals surface area contributed by atoms with Crippen molar-refractivity contribution in [2.75, 3.05) is 0 Å². The van der Waals surface area contributed by atoms with E-state index in [1.165, 1.54) is 12.1 Å². The van der Waals surface area contributed by atoms with Gasteiger partial charge < -0.3 is 16.2 Å². The van der Waals surface area contributed by atoms with Crippen molar-refractivity contribution < 1.29 is 14.7 Å². The number of nitrogens with two attached hydrogens (primary N) is 1. The summed E-state index contributed by atoms with van der Waals surface area (Å²) in [4.78, 5) is 22.9. The van der Waals surface area contributed by atoms with Crippen LogP contribution in [0.15, 0.2) is 24.3 Å². The zero-order valence-corrected chi connectivity index (χ0v) is 11.4. The molecular weight excluding hydrogens is 256 g/mol. The smallest absolute Gasteiger partial charge is 0.335 e. The molecule has 1 saturated carbocycles. The molecule has 20 heavy (non-hydrogen) atoms. The number of nitrogens with one attached hydrogen (secondary N) is 1.